The van der Waals surface area contributed by atoms with Crippen LogP contribution < -0.4 is 4.90 Å². The molecule has 2 aromatic carbocycles. The highest BCUT2D eigenvalue weighted by molar-refractivity contribution is 8.03. The third-order valence-electron chi connectivity index (χ3n) is 15.9. The maximum absolute atomic E-state index is 12.3. The summed E-state index contributed by atoms with van der Waals surface area (Å²) in [6, 6.07) is 19.9. The Labute approximate surface area is 450 Å². The minimum Gasteiger partial charge on any atom is -0.481 e. The van der Waals surface area contributed by atoms with Crippen molar-refractivity contribution in [3.8, 4) is 17.2 Å². The van der Waals surface area contributed by atoms with Crippen LogP contribution in [0.15, 0.2) is 83.4 Å². The van der Waals surface area contributed by atoms with Crippen LogP contribution in [-0.2, 0) is 15.0 Å². The molecule has 2 aliphatic rings. The van der Waals surface area contributed by atoms with Crippen LogP contribution >= 0.6 is 11.8 Å². The van der Waals surface area contributed by atoms with Crippen molar-refractivity contribution in [2.24, 2.45) is 0 Å². The molecule has 1 fully saturated rings. The maximum atomic E-state index is 12.3. The standard InChI is InChI=1S/C65H101N3O4S/c1-3-5-7-9-11-13-15-17-19-21-23-25-27-29-31-36-48-65(49-37-32-30-28-26-24-22-20-18-16-14-12-10-8-6-4-2)59-54-58(57-38-34-33-35-39-57)42-43-60(59)68(51-47-64(71)72)61(65)44-40-56(55-66)41-45-62-67(52-53-73-62)50-46-63(69)70/h33-35,38-45,54,61H,3-32,36-37,46-53H2,1-2H3,(H,69,70)(H,71,72)/b44-40+,56-41-,62-45-. The molecule has 2 heterocycles. The van der Waals surface area contributed by atoms with E-state index in [1.165, 1.54) is 209 Å². The summed E-state index contributed by atoms with van der Waals surface area (Å²) in [6.45, 7) is 6.22. The first kappa shape index (κ1) is 61.6. The van der Waals surface area contributed by atoms with Crippen LogP contribution in [-0.4, -0.2) is 58.5 Å². The minimum absolute atomic E-state index is 0.0365. The van der Waals surface area contributed by atoms with Crippen molar-refractivity contribution in [1.29, 1.82) is 5.26 Å². The van der Waals surface area contributed by atoms with E-state index in [0.717, 1.165) is 48.7 Å². The first-order valence-corrected chi connectivity index (χ1v) is 31.1. The van der Waals surface area contributed by atoms with Gasteiger partial charge in [-0.3, -0.25) is 9.59 Å². The average molecular weight is 1020 g/mol. The Bertz CT molecular complexity index is 1900. The van der Waals surface area contributed by atoms with Crippen molar-refractivity contribution >= 4 is 29.4 Å². The predicted octanol–water partition coefficient (Wildman–Crippen LogP) is 18.9. The molecule has 1 unspecified atom stereocenters. The van der Waals surface area contributed by atoms with Gasteiger partial charge in [0, 0.05) is 36.5 Å². The molecule has 406 valence electrons. The smallest absolute Gasteiger partial charge is 0.305 e. The number of unbranched alkanes of at least 4 members (excludes halogenated alkanes) is 30. The molecule has 2 N–H and O–H groups in total. The fourth-order valence-corrected chi connectivity index (χ4v) is 12.6. The molecule has 8 heteroatoms. The maximum Gasteiger partial charge on any atom is 0.305 e. The third-order valence-corrected chi connectivity index (χ3v) is 17.0. The summed E-state index contributed by atoms with van der Waals surface area (Å²) in [7, 11) is 0. The van der Waals surface area contributed by atoms with Crippen molar-refractivity contribution in [3.63, 3.8) is 0 Å². The second-order valence-corrected chi connectivity index (χ2v) is 22.8. The van der Waals surface area contributed by atoms with Gasteiger partial charge >= 0.3 is 11.9 Å². The molecule has 0 spiro atoms. The predicted molar refractivity (Wildman–Crippen MR) is 312 cm³/mol. The Morgan fingerprint density at radius 1 is 0.616 bits per heavy atom. The zero-order valence-corrected chi connectivity index (χ0v) is 47.1. The van der Waals surface area contributed by atoms with E-state index in [4.69, 9.17) is 0 Å². The quantitative estimate of drug-likeness (QED) is 0.0384. The van der Waals surface area contributed by atoms with Crippen LogP contribution in [0.4, 0.5) is 5.69 Å². The Morgan fingerprint density at radius 3 is 1.52 bits per heavy atom. The zero-order chi connectivity index (χ0) is 52.0. The van der Waals surface area contributed by atoms with Crippen molar-refractivity contribution in [2.45, 2.75) is 256 Å². The number of hydrogen-bond donors (Lipinski definition) is 2. The lowest BCUT2D eigenvalue weighted by molar-refractivity contribution is -0.138. The number of aliphatic carboxylic acids is 2. The molecule has 2 aliphatic heterocycles. The summed E-state index contributed by atoms with van der Waals surface area (Å²) in [5, 5.41) is 31.0. The minimum atomic E-state index is -0.809. The average Bonchev–Trinajstić information content (AvgIpc) is 3.96. The van der Waals surface area contributed by atoms with E-state index in [9.17, 15) is 25.1 Å². The zero-order valence-electron chi connectivity index (χ0n) is 46.3. The van der Waals surface area contributed by atoms with E-state index in [-0.39, 0.29) is 24.3 Å². The van der Waals surface area contributed by atoms with Gasteiger partial charge in [0.25, 0.3) is 0 Å². The largest absolute Gasteiger partial charge is 0.481 e. The molecule has 7 nitrogen and oxygen atoms in total. The second kappa shape index (κ2) is 38.6. The number of anilines is 1. The molecule has 0 aromatic heterocycles. The van der Waals surface area contributed by atoms with E-state index in [1.807, 2.05) is 18.2 Å². The van der Waals surface area contributed by atoms with Gasteiger partial charge in [0.05, 0.1) is 35.6 Å². The molecule has 0 saturated carbocycles. The van der Waals surface area contributed by atoms with E-state index in [0.29, 0.717) is 18.7 Å². The van der Waals surface area contributed by atoms with E-state index >= 15 is 0 Å². The van der Waals surface area contributed by atoms with E-state index < -0.39 is 11.9 Å². The van der Waals surface area contributed by atoms with Crippen LogP contribution in [0.3, 0.4) is 0 Å². The molecule has 1 atom stereocenters. The van der Waals surface area contributed by atoms with Crippen LogP contribution in [0.2, 0.25) is 0 Å². The highest BCUT2D eigenvalue weighted by atomic mass is 32.2. The van der Waals surface area contributed by atoms with Crippen LogP contribution in [0.25, 0.3) is 11.1 Å². The number of allylic oxidation sites excluding steroid dienone is 4. The second-order valence-electron chi connectivity index (χ2n) is 21.7. The fourth-order valence-electron chi connectivity index (χ4n) is 11.6. The van der Waals surface area contributed by atoms with Gasteiger partial charge in [-0.2, -0.15) is 5.26 Å². The van der Waals surface area contributed by atoms with Gasteiger partial charge in [0.15, 0.2) is 0 Å². The topological polar surface area (TPSA) is 105 Å². The summed E-state index contributed by atoms with van der Waals surface area (Å²) >= 11 is 1.70. The lowest BCUT2D eigenvalue weighted by Gasteiger charge is -2.39. The Morgan fingerprint density at radius 2 is 1.07 bits per heavy atom. The molecular formula is C65H101N3O4S. The van der Waals surface area contributed by atoms with Gasteiger partial charge in [-0.15, -0.1) is 11.8 Å². The number of fused-ring (bicyclic) bond motifs is 1. The summed E-state index contributed by atoms with van der Waals surface area (Å²) in [6.07, 6.45) is 52.8. The molecule has 0 radical (unpaired) electrons. The van der Waals surface area contributed by atoms with Crippen molar-refractivity contribution in [2.75, 3.05) is 30.3 Å². The number of thioether (sulfide) groups is 1. The monoisotopic (exact) mass is 1020 g/mol. The molecule has 0 amide bonds. The normalized spacial score (nSPS) is 16.0. The lowest BCUT2D eigenvalue weighted by Crippen LogP contribution is -2.44. The lowest BCUT2D eigenvalue weighted by atomic mass is 9.68. The van der Waals surface area contributed by atoms with Crippen LogP contribution in [0.5, 0.6) is 0 Å². The summed E-state index contributed by atoms with van der Waals surface area (Å²) in [5.41, 5.74) is 5.12. The Kier molecular flexibility index (Phi) is 32.5. The van der Waals surface area contributed by atoms with Gasteiger partial charge in [0.2, 0.25) is 0 Å². The number of rotatable bonds is 44. The summed E-state index contributed by atoms with van der Waals surface area (Å²) < 4.78 is 0. The fraction of sp³-hybridized carbons (Fsp3) is 0.677. The van der Waals surface area contributed by atoms with Gasteiger partial charge in [-0.05, 0) is 59.9 Å². The third kappa shape index (κ3) is 24.1. The number of nitriles is 1. The van der Waals surface area contributed by atoms with Crippen molar-refractivity contribution in [3.05, 3.63) is 89.0 Å². The highest BCUT2D eigenvalue weighted by Gasteiger charge is 2.49. The number of nitrogens with zero attached hydrogens (tertiary/aromatic N) is 3. The number of hydrogen-bond acceptors (Lipinski definition) is 6. The highest BCUT2D eigenvalue weighted by Crippen LogP contribution is 2.53. The number of benzene rings is 2. The number of carboxylic acids is 2. The van der Waals surface area contributed by atoms with Gasteiger partial charge in [0.1, 0.15) is 0 Å². The molecule has 0 bridgehead atoms. The van der Waals surface area contributed by atoms with Gasteiger partial charge < -0.3 is 20.0 Å². The van der Waals surface area contributed by atoms with Crippen molar-refractivity contribution in [1.82, 2.24) is 4.90 Å². The Balaban J connectivity index is 1.51. The molecule has 0 aliphatic carbocycles. The summed E-state index contributed by atoms with van der Waals surface area (Å²) in [4.78, 5) is 28.2. The molecule has 73 heavy (non-hydrogen) atoms. The van der Waals surface area contributed by atoms with Crippen LogP contribution in [0.1, 0.15) is 251 Å². The number of carboxylic acid groups (broad SMARTS) is 2. The molecule has 2 aromatic rings. The first-order valence-electron chi connectivity index (χ1n) is 30.1. The Hall–Kier alpha value is -3.96. The van der Waals surface area contributed by atoms with E-state index in [1.54, 1.807) is 11.8 Å². The first-order chi connectivity index (χ1) is 35.8. The SMILES string of the molecule is CCCCCCCCCCCCCCCCCCC1(CCCCCCCCCCCCCCCCCC)c2cc(-c3ccccc3)ccc2N(CCC(=O)O)C1/C=C/C(C#N)=C/C=C1\SCCN1CCC(=O)O. The number of carbonyl (C=O) groups is 2. The summed E-state index contributed by atoms with van der Waals surface area (Å²) in [5.74, 6) is -0.720. The molecular weight excluding hydrogens is 919 g/mol. The van der Waals surface area contributed by atoms with Crippen LogP contribution in [0, 0.1) is 11.3 Å². The molecule has 4 rings (SSSR count). The van der Waals surface area contributed by atoms with Gasteiger partial charge in [-0.25, -0.2) is 0 Å². The van der Waals surface area contributed by atoms with E-state index in [2.05, 4.69) is 84.3 Å². The molecule has 1 saturated heterocycles. The van der Waals surface area contributed by atoms with Gasteiger partial charge in [-0.1, -0.05) is 262 Å². The van der Waals surface area contributed by atoms with Crippen molar-refractivity contribution < 1.29 is 19.8 Å².